The van der Waals surface area contributed by atoms with Crippen molar-refractivity contribution in [3.63, 3.8) is 0 Å². The van der Waals surface area contributed by atoms with Crippen LogP contribution < -0.4 is 5.73 Å². The fourth-order valence-corrected chi connectivity index (χ4v) is 3.71. The van der Waals surface area contributed by atoms with Crippen molar-refractivity contribution in [1.82, 2.24) is 4.90 Å². The van der Waals surface area contributed by atoms with Crippen molar-refractivity contribution in [3.05, 3.63) is 0 Å². The van der Waals surface area contributed by atoms with Crippen LogP contribution in [0.1, 0.15) is 39.0 Å². The molecule has 3 heteroatoms. The molecule has 0 amide bonds. The summed E-state index contributed by atoms with van der Waals surface area (Å²) in [6.07, 6.45) is 8.89. The van der Waals surface area contributed by atoms with Gasteiger partial charge < -0.3 is 5.73 Å². The topological polar surface area (TPSA) is 29.3 Å². The molecule has 2 nitrogen and oxygen atoms in total. The summed E-state index contributed by atoms with van der Waals surface area (Å²) in [5.74, 6) is 2.02. The van der Waals surface area contributed by atoms with E-state index in [1.165, 1.54) is 44.4 Å². The zero-order chi connectivity index (χ0) is 12.0. The van der Waals surface area contributed by atoms with Crippen molar-refractivity contribution in [1.29, 1.82) is 0 Å². The lowest BCUT2D eigenvalue weighted by Crippen LogP contribution is -2.58. The molecule has 0 aromatic carbocycles. The SMILES string of the molecule is CCC1CCCCC1(CN)N(C)CCSC. The average Bonchev–Trinajstić information content (AvgIpc) is 2.35. The number of hydrogen-bond donors (Lipinski definition) is 1. The fraction of sp³-hybridized carbons (Fsp3) is 1.00. The maximum Gasteiger partial charge on any atom is 0.0357 e. The first kappa shape index (κ1) is 14.3. The van der Waals surface area contributed by atoms with Crippen LogP contribution in [0, 0.1) is 5.92 Å². The summed E-state index contributed by atoms with van der Waals surface area (Å²) in [6.45, 7) is 4.33. The van der Waals surface area contributed by atoms with E-state index < -0.39 is 0 Å². The average molecular weight is 244 g/mol. The lowest BCUT2D eigenvalue weighted by molar-refractivity contribution is 0.0281. The molecule has 1 fully saturated rings. The molecule has 0 spiro atoms. The van der Waals surface area contributed by atoms with Gasteiger partial charge in [0.25, 0.3) is 0 Å². The molecule has 0 aromatic heterocycles. The van der Waals surface area contributed by atoms with Crippen molar-refractivity contribution < 1.29 is 0 Å². The van der Waals surface area contributed by atoms with E-state index >= 15 is 0 Å². The van der Waals surface area contributed by atoms with E-state index in [-0.39, 0.29) is 0 Å². The largest absolute Gasteiger partial charge is 0.329 e. The number of hydrogen-bond acceptors (Lipinski definition) is 3. The Labute approximate surface area is 105 Å². The number of thioether (sulfide) groups is 1. The standard InChI is InChI=1S/C13H28N2S/c1-4-12-7-5-6-8-13(12,11-14)15(2)9-10-16-3/h12H,4-11,14H2,1-3H3. The second-order valence-corrected chi connectivity index (χ2v) is 6.06. The highest BCUT2D eigenvalue weighted by Gasteiger charge is 2.41. The van der Waals surface area contributed by atoms with Crippen LogP contribution in [0.2, 0.25) is 0 Å². The van der Waals surface area contributed by atoms with Crippen LogP contribution in [0.25, 0.3) is 0 Å². The quantitative estimate of drug-likeness (QED) is 0.779. The van der Waals surface area contributed by atoms with Gasteiger partial charge in [-0.25, -0.2) is 0 Å². The number of likely N-dealkylation sites (N-methyl/N-ethyl adjacent to an activating group) is 1. The summed E-state index contributed by atoms with van der Waals surface area (Å²) >= 11 is 1.93. The van der Waals surface area contributed by atoms with Crippen LogP contribution in [0.4, 0.5) is 0 Å². The van der Waals surface area contributed by atoms with Crippen LogP contribution in [0.5, 0.6) is 0 Å². The molecule has 96 valence electrons. The van der Waals surface area contributed by atoms with Crippen molar-refractivity contribution in [2.24, 2.45) is 11.7 Å². The molecule has 1 aliphatic rings. The van der Waals surface area contributed by atoms with Gasteiger partial charge in [-0.15, -0.1) is 0 Å². The van der Waals surface area contributed by atoms with Crippen molar-refractivity contribution >= 4 is 11.8 Å². The van der Waals surface area contributed by atoms with E-state index in [4.69, 9.17) is 5.73 Å². The van der Waals surface area contributed by atoms with Gasteiger partial charge in [0.2, 0.25) is 0 Å². The zero-order valence-corrected chi connectivity index (χ0v) is 12.0. The molecule has 0 radical (unpaired) electrons. The lowest BCUT2D eigenvalue weighted by atomic mass is 9.70. The maximum absolute atomic E-state index is 6.13. The van der Waals surface area contributed by atoms with Gasteiger partial charge in [-0.1, -0.05) is 26.2 Å². The Morgan fingerprint density at radius 3 is 2.75 bits per heavy atom. The van der Waals surface area contributed by atoms with Gasteiger partial charge in [0.05, 0.1) is 0 Å². The van der Waals surface area contributed by atoms with Gasteiger partial charge in [0.1, 0.15) is 0 Å². The molecule has 0 aromatic rings. The van der Waals surface area contributed by atoms with E-state index in [0.29, 0.717) is 5.54 Å². The fourth-order valence-electron chi connectivity index (χ4n) is 3.26. The Balaban J connectivity index is 2.71. The minimum atomic E-state index is 0.294. The number of nitrogens with zero attached hydrogens (tertiary/aromatic N) is 1. The highest BCUT2D eigenvalue weighted by Crippen LogP contribution is 2.39. The zero-order valence-electron chi connectivity index (χ0n) is 11.2. The van der Waals surface area contributed by atoms with Crippen LogP contribution in [0.15, 0.2) is 0 Å². The molecule has 1 saturated carbocycles. The monoisotopic (exact) mass is 244 g/mol. The van der Waals surface area contributed by atoms with Gasteiger partial charge in [-0.2, -0.15) is 11.8 Å². The molecule has 2 atom stereocenters. The van der Waals surface area contributed by atoms with Crippen molar-refractivity contribution in [2.75, 3.05) is 32.1 Å². The van der Waals surface area contributed by atoms with E-state index in [1.807, 2.05) is 11.8 Å². The lowest BCUT2D eigenvalue weighted by Gasteiger charge is -2.49. The Hall–Kier alpha value is 0.270. The highest BCUT2D eigenvalue weighted by molar-refractivity contribution is 7.98. The molecule has 16 heavy (non-hydrogen) atoms. The predicted molar refractivity (Wildman–Crippen MR) is 75.0 cm³/mol. The Kier molecular flexibility index (Phi) is 6.16. The normalized spacial score (nSPS) is 30.9. The molecule has 2 N–H and O–H groups in total. The number of nitrogens with two attached hydrogens (primary N) is 1. The Bertz CT molecular complexity index is 198. The molecule has 0 aliphatic heterocycles. The van der Waals surface area contributed by atoms with Gasteiger partial charge in [-0.3, -0.25) is 4.90 Å². The minimum absolute atomic E-state index is 0.294. The molecule has 2 unspecified atom stereocenters. The summed E-state index contributed by atoms with van der Waals surface area (Å²) in [4.78, 5) is 2.55. The third-order valence-electron chi connectivity index (χ3n) is 4.41. The summed E-state index contributed by atoms with van der Waals surface area (Å²) in [6, 6.07) is 0. The smallest absolute Gasteiger partial charge is 0.0357 e. The van der Waals surface area contributed by atoms with E-state index in [1.54, 1.807) is 0 Å². The third-order valence-corrected chi connectivity index (χ3v) is 5.00. The van der Waals surface area contributed by atoms with Gasteiger partial charge in [0.15, 0.2) is 0 Å². The summed E-state index contributed by atoms with van der Waals surface area (Å²) in [5.41, 5.74) is 6.42. The minimum Gasteiger partial charge on any atom is -0.329 e. The van der Waals surface area contributed by atoms with Crippen LogP contribution in [-0.2, 0) is 0 Å². The highest BCUT2D eigenvalue weighted by atomic mass is 32.2. The van der Waals surface area contributed by atoms with Crippen LogP contribution in [0.3, 0.4) is 0 Å². The first-order chi connectivity index (χ1) is 7.71. The van der Waals surface area contributed by atoms with Gasteiger partial charge in [0, 0.05) is 24.4 Å². The molecule has 1 aliphatic carbocycles. The van der Waals surface area contributed by atoms with Crippen molar-refractivity contribution in [3.8, 4) is 0 Å². The summed E-state index contributed by atoms with van der Waals surface area (Å²) in [7, 11) is 2.27. The third kappa shape index (κ3) is 2.93. The molecule has 0 saturated heterocycles. The van der Waals surface area contributed by atoms with Crippen LogP contribution in [-0.4, -0.2) is 42.6 Å². The Morgan fingerprint density at radius 1 is 1.44 bits per heavy atom. The van der Waals surface area contributed by atoms with E-state index in [2.05, 4.69) is 25.1 Å². The molecular weight excluding hydrogens is 216 g/mol. The second-order valence-electron chi connectivity index (χ2n) is 5.07. The van der Waals surface area contributed by atoms with Gasteiger partial charge >= 0.3 is 0 Å². The van der Waals surface area contributed by atoms with E-state index in [9.17, 15) is 0 Å². The van der Waals surface area contributed by atoms with Crippen molar-refractivity contribution in [2.45, 2.75) is 44.6 Å². The number of rotatable bonds is 6. The first-order valence-corrected chi connectivity index (χ1v) is 8.01. The molecule has 1 rings (SSSR count). The Morgan fingerprint density at radius 2 is 2.19 bits per heavy atom. The first-order valence-electron chi connectivity index (χ1n) is 6.61. The maximum atomic E-state index is 6.13. The molecule has 0 bridgehead atoms. The van der Waals surface area contributed by atoms with Gasteiger partial charge in [-0.05, 0) is 32.1 Å². The molecular formula is C13H28N2S. The van der Waals surface area contributed by atoms with E-state index in [0.717, 1.165) is 12.5 Å². The van der Waals surface area contributed by atoms with Crippen LogP contribution >= 0.6 is 11.8 Å². The second kappa shape index (κ2) is 6.87. The predicted octanol–water partition coefficient (Wildman–Crippen LogP) is 2.58. The summed E-state index contributed by atoms with van der Waals surface area (Å²) < 4.78 is 0. The summed E-state index contributed by atoms with van der Waals surface area (Å²) in [5, 5.41) is 0. The molecule has 0 heterocycles.